The van der Waals surface area contributed by atoms with E-state index in [1.165, 1.54) is 0 Å². The number of nitrogens with zero attached hydrogens (tertiary/aromatic N) is 1. The summed E-state index contributed by atoms with van der Waals surface area (Å²) >= 11 is 0. The molecule has 1 aromatic heterocycles. The number of nitrogens with one attached hydrogen (secondary N) is 2. The van der Waals surface area contributed by atoms with E-state index in [1.807, 2.05) is 19.9 Å². The van der Waals surface area contributed by atoms with Crippen LogP contribution in [-0.4, -0.2) is 16.8 Å². The van der Waals surface area contributed by atoms with Crippen LogP contribution in [0.15, 0.2) is 42.7 Å². The summed E-state index contributed by atoms with van der Waals surface area (Å²) in [5.41, 5.74) is 2.24. The third-order valence-electron chi connectivity index (χ3n) is 3.71. The molecule has 0 spiro atoms. The van der Waals surface area contributed by atoms with Gasteiger partial charge in [0.1, 0.15) is 0 Å². The van der Waals surface area contributed by atoms with Gasteiger partial charge in [-0.15, -0.1) is 0 Å². The van der Waals surface area contributed by atoms with Gasteiger partial charge in [-0.2, -0.15) is 0 Å². The number of hydrogen-bond acceptors (Lipinski definition) is 3. The lowest BCUT2D eigenvalue weighted by molar-refractivity contribution is -0.119. The molecule has 5 heteroatoms. The minimum Gasteiger partial charge on any atom is -0.325 e. The van der Waals surface area contributed by atoms with Crippen LogP contribution in [0.5, 0.6) is 0 Å². The Kier molecular flexibility index (Phi) is 2.97. The molecule has 0 saturated heterocycles. The highest BCUT2D eigenvalue weighted by Gasteiger charge is 2.38. The number of aromatic nitrogens is 1. The maximum Gasteiger partial charge on any atom is 0.255 e. The molecule has 0 radical (unpaired) electrons. The summed E-state index contributed by atoms with van der Waals surface area (Å²) in [7, 11) is 0. The Hall–Kier alpha value is -2.69. The number of hydrogen-bond donors (Lipinski definition) is 2. The fourth-order valence-corrected chi connectivity index (χ4v) is 2.37. The molecule has 3 rings (SSSR count). The molecule has 21 heavy (non-hydrogen) atoms. The van der Waals surface area contributed by atoms with Crippen LogP contribution < -0.4 is 10.6 Å². The van der Waals surface area contributed by atoms with E-state index in [0.29, 0.717) is 16.9 Å². The summed E-state index contributed by atoms with van der Waals surface area (Å²) in [6.07, 6.45) is 3.22. The summed E-state index contributed by atoms with van der Waals surface area (Å²) in [4.78, 5) is 28.0. The Bertz CT molecular complexity index is 724. The summed E-state index contributed by atoms with van der Waals surface area (Å²) in [5.74, 6) is -0.271. The van der Waals surface area contributed by atoms with Crippen LogP contribution in [0.3, 0.4) is 0 Å². The Labute approximate surface area is 122 Å². The highest BCUT2D eigenvalue weighted by atomic mass is 16.2. The Balaban J connectivity index is 1.87. The molecule has 0 fully saturated rings. The van der Waals surface area contributed by atoms with Gasteiger partial charge in [-0.1, -0.05) is 6.07 Å². The monoisotopic (exact) mass is 281 g/mol. The van der Waals surface area contributed by atoms with E-state index in [1.54, 1.807) is 36.7 Å². The molecule has 0 saturated carbocycles. The van der Waals surface area contributed by atoms with Crippen LogP contribution in [0.25, 0.3) is 0 Å². The van der Waals surface area contributed by atoms with Crippen LogP contribution in [-0.2, 0) is 10.2 Å². The van der Waals surface area contributed by atoms with Gasteiger partial charge in [0.15, 0.2) is 0 Å². The van der Waals surface area contributed by atoms with Gasteiger partial charge in [0.25, 0.3) is 5.91 Å². The molecule has 2 amide bonds. The van der Waals surface area contributed by atoms with Crippen LogP contribution in [0.1, 0.15) is 29.8 Å². The highest BCUT2D eigenvalue weighted by Crippen LogP contribution is 2.37. The number of fused-ring (bicyclic) bond motifs is 1. The van der Waals surface area contributed by atoms with E-state index in [-0.39, 0.29) is 11.8 Å². The summed E-state index contributed by atoms with van der Waals surface area (Å²) < 4.78 is 0. The molecule has 2 N–H and O–H groups in total. The molecule has 2 heterocycles. The summed E-state index contributed by atoms with van der Waals surface area (Å²) in [6, 6.07) is 8.71. The Morgan fingerprint density at radius 1 is 1.19 bits per heavy atom. The third kappa shape index (κ3) is 2.27. The first-order chi connectivity index (χ1) is 9.98. The predicted molar refractivity (Wildman–Crippen MR) is 80.3 cm³/mol. The molecule has 1 aliphatic heterocycles. The second-order valence-corrected chi connectivity index (χ2v) is 5.53. The average molecular weight is 281 g/mol. The van der Waals surface area contributed by atoms with Crippen molar-refractivity contribution in [2.75, 3.05) is 10.6 Å². The Morgan fingerprint density at radius 2 is 1.90 bits per heavy atom. The minimum atomic E-state index is -0.560. The fourth-order valence-electron chi connectivity index (χ4n) is 2.37. The molecule has 1 aliphatic rings. The molecule has 0 bridgehead atoms. The standard InChI is InChI=1S/C16H15N3O2/c1-16(2)12-4-3-10(9-13(12)19-15(16)21)14(20)18-11-5-7-17-8-6-11/h3-9H,1-2H3,(H,19,21)(H,17,18,20). The zero-order valence-electron chi connectivity index (χ0n) is 11.8. The van der Waals surface area contributed by atoms with Gasteiger partial charge in [-0.25, -0.2) is 0 Å². The van der Waals surface area contributed by atoms with E-state index in [4.69, 9.17) is 0 Å². The molecule has 5 nitrogen and oxygen atoms in total. The molecule has 0 unspecified atom stereocenters. The quantitative estimate of drug-likeness (QED) is 0.888. The third-order valence-corrected chi connectivity index (χ3v) is 3.71. The van der Waals surface area contributed by atoms with Gasteiger partial charge in [0.2, 0.25) is 5.91 Å². The van der Waals surface area contributed by atoms with Crippen LogP contribution in [0.2, 0.25) is 0 Å². The van der Waals surface area contributed by atoms with Crippen molar-refractivity contribution in [2.24, 2.45) is 0 Å². The van der Waals surface area contributed by atoms with E-state index in [2.05, 4.69) is 15.6 Å². The van der Waals surface area contributed by atoms with E-state index in [9.17, 15) is 9.59 Å². The van der Waals surface area contributed by atoms with Crippen LogP contribution in [0.4, 0.5) is 11.4 Å². The molecule has 0 aliphatic carbocycles. The smallest absolute Gasteiger partial charge is 0.255 e. The first-order valence-corrected chi connectivity index (χ1v) is 6.66. The molecule has 1 aromatic carbocycles. The topological polar surface area (TPSA) is 71.1 Å². The van der Waals surface area contributed by atoms with E-state index >= 15 is 0 Å². The molecular formula is C16H15N3O2. The van der Waals surface area contributed by atoms with Crippen molar-refractivity contribution in [2.45, 2.75) is 19.3 Å². The molecule has 0 atom stereocenters. The molecule has 106 valence electrons. The zero-order valence-corrected chi connectivity index (χ0v) is 11.8. The zero-order chi connectivity index (χ0) is 15.0. The van der Waals surface area contributed by atoms with Gasteiger partial charge < -0.3 is 10.6 Å². The van der Waals surface area contributed by atoms with Gasteiger partial charge in [0.05, 0.1) is 5.41 Å². The molecular weight excluding hydrogens is 266 g/mol. The first-order valence-electron chi connectivity index (χ1n) is 6.66. The Morgan fingerprint density at radius 3 is 2.62 bits per heavy atom. The van der Waals surface area contributed by atoms with Crippen molar-refractivity contribution >= 4 is 23.2 Å². The van der Waals surface area contributed by atoms with Crippen molar-refractivity contribution < 1.29 is 9.59 Å². The largest absolute Gasteiger partial charge is 0.325 e. The van der Waals surface area contributed by atoms with Crippen LogP contribution in [0, 0.1) is 0 Å². The number of anilines is 2. The highest BCUT2D eigenvalue weighted by molar-refractivity contribution is 6.09. The summed E-state index contributed by atoms with van der Waals surface area (Å²) in [5, 5.41) is 5.61. The van der Waals surface area contributed by atoms with E-state index < -0.39 is 5.41 Å². The van der Waals surface area contributed by atoms with Crippen molar-refractivity contribution in [3.05, 3.63) is 53.9 Å². The lowest BCUT2D eigenvalue weighted by Gasteiger charge is -2.14. The van der Waals surface area contributed by atoms with Crippen LogP contribution >= 0.6 is 0 Å². The maximum absolute atomic E-state index is 12.2. The lowest BCUT2D eigenvalue weighted by Crippen LogP contribution is -2.26. The van der Waals surface area contributed by atoms with Crippen molar-refractivity contribution in [3.63, 3.8) is 0 Å². The fraction of sp³-hybridized carbons (Fsp3) is 0.188. The van der Waals surface area contributed by atoms with Crippen molar-refractivity contribution in [1.82, 2.24) is 4.98 Å². The first kappa shape index (κ1) is 13.3. The maximum atomic E-state index is 12.2. The number of benzene rings is 1. The SMILES string of the molecule is CC1(C)C(=O)Nc2cc(C(=O)Nc3ccncc3)ccc21. The lowest BCUT2D eigenvalue weighted by atomic mass is 9.86. The average Bonchev–Trinajstić information content (AvgIpc) is 2.69. The summed E-state index contributed by atoms with van der Waals surface area (Å²) in [6.45, 7) is 3.73. The predicted octanol–water partition coefficient (Wildman–Crippen LogP) is 2.56. The number of rotatable bonds is 2. The second kappa shape index (κ2) is 4.70. The normalized spacial score (nSPS) is 15.2. The van der Waals surface area contributed by atoms with Gasteiger partial charge in [-0.3, -0.25) is 14.6 Å². The van der Waals surface area contributed by atoms with Crippen molar-refractivity contribution in [3.8, 4) is 0 Å². The minimum absolute atomic E-state index is 0.0517. The van der Waals surface area contributed by atoms with Gasteiger partial charge >= 0.3 is 0 Å². The number of amides is 2. The van der Waals surface area contributed by atoms with Gasteiger partial charge in [-0.05, 0) is 43.7 Å². The number of carbonyl (C=O) groups excluding carboxylic acids is 2. The molecule has 2 aromatic rings. The van der Waals surface area contributed by atoms with Gasteiger partial charge in [0, 0.05) is 29.3 Å². The second-order valence-electron chi connectivity index (χ2n) is 5.53. The number of pyridine rings is 1. The van der Waals surface area contributed by atoms with Crippen molar-refractivity contribution in [1.29, 1.82) is 0 Å². The van der Waals surface area contributed by atoms with E-state index in [0.717, 1.165) is 5.56 Å². The number of carbonyl (C=O) groups is 2.